The monoisotopic (exact) mass is 286 g/mol. The highest BCUT2D eigenvalue weighted by atomic mass is 16.5. The van der Waals surface area contributed by atoms with Crippen molar-refractivity contribution in [2.45, 2.75) is 19.3 Å². The van der Waals surface area contributed by atoms with Crippen molar-refractivity contribution in [2.24, 2.45) is 0 Å². The number of hydrogen-bond acceptors (Lipinski definition) is 3. The minimum absolute atomic E-state index is 0.0533. The first-order chi connectivity index (χ1) is 10.3. The molecule has 0 spiro atoms. The zero-order valence-electron chi connectivity index (χ0n) is 12.6. The van der Waals surface area contributed by atoms with Crippen LogP contribution in [0.2, 0.25) is 0 Å². The van der Waals surface area contributed by atoms with Gasteiger partial charge in [-0.2, -0.15) is 0 Å². The van der Waals surface area contributed by atoms with Gasteiger partial charge in [0, 0.05) is 5.92 Å². The molecule has 0 bridgehead atoms. The second kappa shape index (κ2) is 7.70. The van der Waals surface area contributed by atoms with Crippen LogP contribution in [-0.4, -0.2) is 25.4 Å². The second-order valence-corrected chi connectivity index (χ2v) is 4.90. The van der Waals surface area contributed by atoms with Crippen LogP contribution < -0.4 is 9.47 Å². The van der Waals surface area contributed by atoms with E-state index in [0.29, 0.717) is 6.61 Å². The van der Waals surface area contributed by atoms with Crippen molar-refractivity contribution in [1.82, 2.24) is 0 Å². The average Bonchev–Trinajstić information content (AvgIpc) is 2.54. The fourth-order valence-electron chi connectivity index (χ4n) is 2.40. The summed E-state index contributed by atoms with van der Waals surface area (Å²) in [7, 11) is 1.65. The highest BCUT2D eigenvalue weighted by molar-refractivity contribution is 5.36. The van der Waals surface area contributed by atoms with E-state index >= 15 is 0 Å². The van der Waals surface area contributed by atoms with Crippen LogP contribution >= 0.6 is 0 Å². The standard InChI is InChI=1S/C18H22O3/c1-3-21-18-7-5-4-6-15(18)12-16(13-19)14-8-10-17(20-2)11-9-14/h4-11,16,19H,3,12-13H2,1-2H3. The normalized spacial score (nSPS) is 12.0. The van der Waals surface area contributed by atoms with Gasteiger partial charge in [0.05, 0.1) is 20.3 Å². The fraction of sp³-hybridized carbons (Fsp3) is 0.333. The molecule has 0 amide bonds. The van der Waals surface area contributed by atoms with Gasteiger partial charge in [0.2, 0.25) is 0 Å². The van der Waals surface area contributed by atoms with Crippen LogP contribution in [0, 0.1) is 0 Å². The molecule has 2 rings (SSSR count). The molecule has 112 valence electrons. The van der Waals surface area contributed by atoms with Crippen LogP contribution in [0.3, 0.4) is 0 Å². The number of aliphatic hydroxyl groups excluding tert-OH is 1. The highest BCUT2D eigenvalue weighted by Gasteiger charge is 2.14. The average molecular weight is 286 g/mol. The Bertz CT molecular complexity index is 549. The van der Waals surface area contributed by atoms with E-state index in [2.05, 4.69) is 6.07 Å². The summed E-state index contributed by atoms with van der Waals surface area (Å²) in [6, 6.07) is 15.8. The van der Waals surface area contributed by atoms with Gasteiger partial charge in [-0.15, -0.1) is 0 Å². The Morgan fingerprint density at radius 3 is 2.38 bits per heavy atom. The summed E-state index contributed by atoms with van der Waals surface area (Å²) in [5.41, 5.74) is 2.22. The van der Waals surface area contributed by atoms with Crippen LogP contribution in [0.1, 0.15) is 24.0 Å². The Morgan fingerprint density at radius 2 is 1.76 bits per heavy atom. The number of rotatable bonds is 7. The smallest absolute Gasteiger partial charge is 0.122 e. The van der Waals surface area contributed by atoms with Gasteiger partial charge in [-0.25, -0.2) is 0 Å². The van der Waals surface area contributed by atoms with Crippen LogP contribution in [0.15, 0.2) is 48.5 Å². The molecule has 0 aliphatic carbocycles. The summed E-state index contributed by atoms with van der Waals surface area (Å²) in [5.74, 6) is 1.77. The first kappa shape index (κ1) is 15.4. The molecule has 0 fully saturated rings. The molecule has 0 aliphatic rings. The summed E-state index contributed by atoms with van der Waals surface area (Å²) in [6.45, 7) is 2.72. The number of para-hydroxylation sites is 1. The Kier molecular flexibility index (Phi) is 5.64. The summed E-state index contributed by atoms with van der Waals surface area (Å²) in [4.78, 5) is 0. The molecule has 2 aromatic rings. The third-order valence-corrected chi connectivity index (χ3v) is 3.55. The van der Waals surface area contributed by atoms with Gasteiger partial charge >= 0.3 is 0 Å². The van der Waals surface area contributed by atoms with E-state index in [1.54, 1.807) is 7.11 Å². The molecule has 3 nitrogen and oxygen atoms in total. The lowest BCUT2D eigenvalue weighted by Crippen LogP contribution is -2.09. The van der Waals surface area contributed by atoms with E-state index in [-0.39, 0.29) is 12.5 Å². The molecule has 0 saturated heterocycles. The molecule has 0 radical (unpaired) electrons. The lowest BCUT2D eigenvalue weighted by atomic mass is 9.92. The second-order valence-electron chi connectivity index (χ2n) is 4.90. The molecule has 0 aliphatic heterocycles. The summed E-state index contributed by atoms with van der Waals surface area (Å²) < 4.78 is 10.8. The molecular weight excluding hydrogens is 264 g/mol. The third kappa shape index (κ3) is 3.99. The maximum atomic E-state index is 9.72. The van der Waals surface area contributed by atoms with E-state index in [0.717, 1.165) is 29.0 Å². The quantitative estimate of drug-likeness (QED) is 0.847. The Labute approximate surface area is 126 Å². The fourth-order valence-corrected chi connectivity index (χ4v) is 2.40. The van der Waals surface area contributed by atoms with Gasteiger partial charge in [-0.3, -0.25) is 0 Å². The minimum atomic E-state index is 0.0533. The number of ether oxygens (including phenoxy) is 2. The topological polar surface area (TPSA) is 38.7 Å². The molecule has 2 aromatic carbocycles. The SMILES string of the molecule is CCOc1ccccc1CC(CO)c1ccc(OC)cc1. The van der Waals surface area contributed by atoms with E-state index in [1.807, 2.05) is 49.4 Å². The third-order valence-electron chi connectivity index (χ3n) is 3.55. The summed E-state index contributed by atoms with van der Waals surface area (Å²) in [6.07, 6.45) is 0.749. The summed E-state index contributed by atoms with van der Waals surface area (Å²) in [5, 5.41) is 9.72. The molecule has 0 saturated carbocycles. The molecule has 1 unspecified atom stereocenters. The van der Waals surface area contributed by atoms with Crippen LogP contribution in [-0.2, 0) is 6.42 Å². The van der Waals surface area contributed by atoms with Crippen molar-refractivity contribution in [3.05, 3.63) is 59.7 Å². The number of methoxy groups -OCH3 is 1. The number of benzene rings is 2. The number of aliphatic hydroxyl groups is 1. The first-order valence-corrected chi connectivity index (χ1v) is 7.24. The lowest BCUT2D eigenvalue weighted by molar-refractivity contribution is 0.262. The minimum Gasteiger partial charge on any atom is -0.497 e. The van der Waals surface area contributed by atoms with Crippen molar-refractivity contribution >= 4 is 0 Å². The highest BCUT2D eigenvalue weighted by Crippen LogP contribution is 2.27. The molecule has 0 aromatic heterocycles. The van der Waals surface area contributed by atoms with Gasteiger partial charge in [0.15, 0.2) is 0 Å². The van der Waals surface area contributed by atoms with E-state index < -0.39 is 0 Å². The van der Waals surface area contributed by atoms with Crippen molar-refractivity contribution in [3.63, 3.8) is 0 Å². The van der Waals surface area contributed by atoms with Crippen LogP contribution in [0.5, 0.6) is 11.5 Å². The Hall–Kier alpha value is -2.00. The van der Waals surface area contributed by atoms with Crippen molar-refractivity contribution in [2.75, 3.05) is 20.3 Å². The molecule has 0 heterocycles. The predicted octanol–water partition coefficient (Wildman–Crippen LogP) is 3.41. The zero-order chi connectivity index (χ0) is 15.1. The summed E-state index contributed by atoms with van der Waals surface area (Å²) >= 11 is 0. The van der Waals surface area contributed by atoms with Crippen LogP contribution in [0.4, 0.5) is 0 Å². The molecule has 3 heteroatoms. The van der Waals surface area contributed by atoms with Gasteiger partial charge in [-0.1, -0.05) is 30.3 Å². The molecular formula is C18H22O3. The van der Waals surface area contributed by atoms with Gasteiger partial charge in [-0.05, 0) is 42.7 Å². The molecule has 1 atom stereocenters. The van der Waals surface area contributed by atoms with E-state index in [1.165, 1.54) is 0 Å². The van der Waals surface area contributed by atoms with Gasteiger partial charge < -0.3 is 14.6 Å². The van der Waals surface area contributed by atoms with Crippen molar-refractivity contribution < 1.29 is 14.6 Å². The number of hydrogen-bond donors (Lipinski definition) is 1. The Balaban J connectivity index is 2.18. The largest absolute Gasteiger partial charge is 0.497 e. The predicted molar refractivity (Wildman–Crippen MR) is 84.1 cm³/mol. The zero-order valence-corrected chi connectivity index (χ0v) is 12.6. The Morgan fingerprint density at radius 1 is 1.05 bits per heavy atom. The lowest BCUT2D eigenvalue weighted by Gasteiger charge is -2.17. The van der Waals surface area contributed by atoms with Crippen molar-refractivity contribution in [3.8, 4) is 11.5 Å². The maximum absolute atomic E-state index is 9.72. The van der Waals surface area contributed by atoms with Gasteiger partial charge in [0.25, 0.3) is 0 Å². The van der Waals surface area contributed by atoms with E-state index in [4.69, 9.17) is 9.47 Å². The van der Waals surface area contributed by atoms with Crippen molar-refractivity contribution in [1.29, 1.82) is 0 Å². The maximum Gasteiger partial charge on any atom is 0.122 e. The molecule has 1 N–H and O–H groups in total. The first-order valence-electron chi connectivity index (χ1n) is 7.24. The van der Waals surface area contributed by atoms with E-state index in [9.17, 15) is 5.11 Å². The van der Waals surface area contributed by atoms with Gasteiger partial charge in [0.1, 0.15) is 11.5 Å². The van der Waals surface area contributed by atoms with Crippen LogP contribution in [0.25, 0.3) is 0 Å². The molecule has 21 heavy (non-hydrogen) atoms.